The van der Waals surface area contributed by atoms with Gasteiger partial charge in [-0.25, -0.2) is 0 Å². The minimum absolute atomic E-state index is 0.0862. The fraction of sp³-hybridized carbons (Fsp3) is 0.0667. The lowest BCUT2D eigenvalue weighted by Gasteiger charge is -2.05. The molecular weight excluding hydrogens is 224 g/mol. The summed E-state index contributed by atoms with van der Waals surface area (Å²) >= 11 is 0. The molecule has 0 fully saturated rings. The van der Waals surface area contributed by atoms with E-state index in [1.54, 1.807) is 6.20 Å². The van der Waals surface area contributed by atoms with Crippen molar-refractivity contribution in [1.29, 1.82) is 0 Å². The first-order valence-corrected chi connectivity index (χ1v) is 5.80. The van der Waals surface area contributed by atoms with Crippen molar-refractivity contribution in [3.63, 3.8) is 0 Å². The maximum Gasteiger partial charge on any atom is 0.279 e. The van der Waals surface area contributed by atoms with Crippen molar-refractivity contribution in [2.75, 3.05) is 0 Å². The Kier molecular flexibility index (Phi) is 2.45. The Morgan fingerprint density at radius 1 is 1.00 bits per heavy atom. The SMILES string of the molecule is Cc1ccc(-n2ncc3ccccc3c2=O)cc1. The van der Waals surface area contributed by atoms with Gasteiger partial charge in [0.25, 0.3) is 5.56 Å². The maximum absolute atomic E-state index is 12.3. The maximum atomic E-state index is 12.3. The molecule has 88 valence electrons. The van der Waals surface area contributed by atoms with Crippen molar-refractivity contribution in [2.24, 2.45) is 0 Å². The first-order valence-electron chi connectivity index (χ1n) is 5.80. The van der Waals surface area contributed by atoms with Crippen LogP contribution in [0, 0.1) is 6.92 Å². The fourth-order valence-corrected chi connectivity index (χ4v) is 1.96. The summed E-state index contributed by atoms with van der Waals surface area (Å²) in [5.41, 5.74) is 1.86. The van der Waals surface area contributed by atoms with Crippen LogP contribution in [0.5, 0.6) is 0 Å². The van der Waals surface area contributed by atoms with Gasteiger partial charge in [-0.05, 0) is 25.1 Å². The fourth-order valence-electron chi connectivity index (χ4n) is 1.96. The van der Waals surface area contributed by atoms with Crippen LogP contribution in [0.2, 0.25) is 0 Å². The van der Waals surface area contributed by atoms with Crippen molar-refractivity contribution in [3.8, 4) is 5.69 Å². The monoisotopic (exact) mass is 236 g/mol. The predicted octanol–water partition coefficient (Wildman–Crippen LogP) is 2.69. The average molecular weight is 236 g/mol. The Labute approximate surface area is 104 Å². The van der Waals surface area contributed by atoms with Crippen molar-refractivity contribution < 1.29 is 0 Å². The number of nitrogens with zero attached hydrogens (tertiary/aromatic N) is 2. The van der Waals surface area contributed by atoms with Crippen LogP contribution in [0.3, 0.4) is 0 Å². The van der Waals surface area contributed by atoms with Crippen LogP contribution in [-0.2, 0) is 0 Å². The van der Waals surface area contributed by atoms with E-state index in [1.165, 1.54) is 4.68 Å². The molecular formula is C15H12N2O. The summed E-state index contributed by atoms with van der Waals surface area (Å²) in [6.07, 6.45) is 1.72. The van der Waals surface area contributed by atoms with E-state index in [-0.39, 0.29) is 5.56 Å². The Balaban J connectivity index is 2.27. The summed E-state index contributed by atoms with van der Waals surface area (Å²) in [6, 6.07) is 15.2. The van der Waals surface area contributed by atoms with Crippen LogP contribution in [0.15, 0.2) is 59.5 Å². The third-order valence-electron chi connectivity index (χ3n) is 2.97. The first-order chi connectivity index (χ1) is 8.75. The van der Waals surface area contributed by atoms with Gasteiger partial charge in [-0.3, -0.25) is 4.79 Å². The normalized spacial score (nSPS) is 10.7. The van der Waals surface area contributed by atoms with Crippen LogP contribution in [0.1, 0.15) is 5.56 Å². The lowest BCUT2D eigenvalue weighted by molar-refractivity contribution is 0.821. The molecule has 18 heavy (non-hydrogen) atoms. The van der Waals surface area contributed by atoms with Crippen molar-refractivity contribution in [2.45, 2.75) is 6.92 Å². The molecule has 3 aromatic rings. The van der Waals surface area contributed by atoms with Gasteiger partial charge in [-0.15, -0.1) is 0 Å². The second kappa shape index (κ2) is 4.11. The Morgan fingerprint density at radius 2 is 1.72 bits per heavy atom. The van der Waals surface area contributed by atoms with Crippen LogP contribution >= 0.6 is 0 Å². The highest BCUT2D eigenvalue weighted by Crippen LogP contribution is 2.10. The number of fused-ring (bicyclic) bond motifs is 1. The molecule has 3 heteroatoms. The second-order valence-electron chi connectivity index (χ2n) is 4.28. The molecule has 3 rings (SSSR count). The van der Waals surface area contributed by atoms with Gasteiger partial charge < -0.3 is 0 Å². The zero-order valence-electron chi connectivity index (χ0n) is 10.00. The molecule has 0 bridgehead atoms. The molecule has 0 saturated carbocycles. The molecule has 0 saturated heterocycles. The highest BCUT2D eigenvalue weighted by atomic mass is 16.1. The largest absolute Gasteiger partial charge is 0.279 e. The van der Waals surface area contributed by atoms with Crippen molar-refractivity contribution in [1.82, 2.24) is 9.78 Å². The van der Waals surface area contributed by atoms with Gasteiger partial charge in [0.15, 0.2) is 0 Å². The predicted molar refractivity (Wildman–Crippen MR) is 72.1 cm³/mol. The van der Waals surface area contributed by atoms with E-state index < -0.39 is 0 Å². The topological polar surface area (TPSA) is 34.9 Å². The smallest absolute Gasteiger partial charge is 0.267 e. The van der Waals surface area contributed by atoms with E-state index in [4.69, 9.17) is 0 Å². The minimum atomic E-state index is -0.0862. The Bertz CT molecular complexity index is 757. The van der Waals surface area contributed by atoms with Gasteiger partial charge in [-0.2, -0.15) is 9.78 Å². The number of hydrogen-bond donors (Lipinski definition) is 0. The highest BCUT2D eigenvalue weighted by Gasteiger charge is 2.04. The molecule has 1 aromatic heterocycles. The van der Waals surface area contributed by atoms with Gasteiger partial charge in [0, 0.05) is 5.39 Å². The number of aryl methyl sites for hydroxylation is 1. The molecule has 2 aromatic carbocycles. The molecule has 0 aliphatic rings. The lowest BCUT2D eigenvalue weighted by Crippen LogP contribution is -2.20. The zero-order valence-corrected chi connectivity index (χ0v) is 10.00. The first kappa shape index (κ1) is 10.7. The number of aromatic nitrogens is 2. The van der Waals surface area contributed by atoms with Gasteiger partial charge in [0.2, 0.25) is 0 Å². The van der Waals surface area contributed by atoms with Crippen molar-refractivity contribution >= 4 is 10.8 Å². The summed E-state index contributed by atoms with van der Waals surface area (Å²) in [4.78, 5) is 12.3. The van der Waals surface area contributed by atoms with Crippen molar-refractivity contribution in [3.05, 3.63) is 70.6 Å². The third-order valence-corrected chi connectivity index (χ3v) is 2.97. The van der Waals surface area contributed by atoms with Gasteiger partial charge in [0.05, 0.1) is 17.3 Å². The van der Waals surface area contributed by atoms with Gasteiger partial charge >= 0.3 is 0 Å². The molecule has 0 aliphatic heterocycles. The minimum Gasteiger partial charge on any atom is -0.267 e. The van der Waals surface area contributed by atoms with E-state index in [1.807, 2.05) is 55.5 Å². The Hall–Kier alpha value is -2.42. The van der Waals surface area contributed by atoms with E-state index >= 15 is 0 Å². The molecule has 0 atom stereocenters. The summed E-state index contributed by atoms with van der Waals surface area (Å²) in [7, 11) is 0. The molecule has 0 amide bonds. The molecule has 1 heterocycles. The molecule has 0 aliphatic carbocycles. The van der Waals surface area contributed by atoms with E-state index in [2.05, 4.69) is 5.10 Å². The summed E-state index contributed by atoms with van der Waals surface area (Å²) in [6.45, 7) is 2.01. The van der Waals surface area contributed by atoms with Crippen LogP contribution in [-0.4, -0.2) is 9.78 Å². The number of benzene rings is 2. The average Bonchev–Trinajstić information content (AvgIpc) is 2.41. The van der Waals surface area contributed by atoms with Crippen LogP contribution in [0.25, 0.3) is 16.5 Å². The van der Waals surface area contributed by atoms with Crippen LogP contribution < -0.4 is 5.56 Å². The van der Waals surface area contributed by atoms with Gasteiger partial charge in [0.1, 0.15) is 0 Å². The number of rotatable bonds is 1. The van der Waals surface area contributed by atoms with E-state index in [9.17, 15) is 4.79 Å². The molecule has 0 unspecified atom stereocenters. The summed E-state index contributed by atoms with van der Waals surface area (Å²) < 4.78 is 1.43. The molecule has 0 radical (unpaired) electrons. The zero-order chi connectivity index (χ0) is 12.5. The van der Waals surface area contributed by atoms with Crippen LogP contribution in [0.4, 0.5) is 0 Å². The molecule has 0 N–H and O–H groups in total. The lowest BCUT2D eigenvalue weighted by atomic mass is 10.2. The van der Waals surface area contributed by atoms with E-state index in [0.717, 1.165) is 16.6 Å². The standard InChI is InChI=1S/C15H12N2O/c1-11-6-8-13(9-7-11)17-15(18)14-5-3-2-4-12(14)10-16-17/h2-10H,1H3. The Morgan fingerprint density at radius 3 is 2.50 bits per heavy atom. The number of hydrogen-bond acceptors (Lipinski definition) is 2. The summed E-state index contributed by atoms with van der Waals surface area (Å²) in [5, 5.41) is 5.77. The van der Waals surface area contributed by atoms with E-state index in [0.29, 0.717) is 5.39 Å². The quantitative estimate of drug-likeness (QED) is 0.651. The highest BCUT2D eigenvalue weighted by molar-refractivity contribution is 5.80. The van der Waals surface area contributed by atoms with Gasteiger partial charge in [-0.1, -0.05) is 35.9 Å². The molecule has 0 spiro atoms. The summed E-state index contributed by atoms with van der Waals surface area (Å²) in [5.74, 6) is 0. The third kappa shape index (κ3) is 1.70. The molecule has 3 nitrogen and oxygen atoms in total. The second-order valence-corrected chi connectivity index (χ2v) is 4.28.